The average molecular weight is 283 g/mol. The Labute approximate surface area is 121 Å². The van der Waals surface area contributed by atoms with Crippen LogP contribution in [0.5, 0.6) is 5.75 Å². The van der Waals surface area contributed by atoms with Crippen LogP contribution in [0.2, 0.25) is 0 Å². The molecule has 0 bridgehead atoms. The summed E-state index contributed by atoms with van der Waals surface area (Å²) in [5.41, 5.74) is 0.680. The van der Waals surface area contributed by atoms with Crippen LogP contribution in [0.25, 0.3) is 0 Å². The summed E-state index contributed by atoms with van der Waals surface area (Å²) in [6.07, 6.45) is 2.79. The molecule has 114 valence electrons. The lowest BCUT2D eigenvalue weighted by Gasteiger charge is -2.20. The molecule has 20 heavy (non-hydrogen) atoms. The summed E-state index contributed by atoms with van der Waals surface area (Å²) in [6.45, 7) is 6.44. The smallest absolute Gasteiger partial charge is 0.131 e. The van der Waals surface area contributed by atoms with Crippen molar-refractivity contribution in [2.45, 2.75) is 39.2 Å². The van der Waals surface area contributed by atoms with Crippen LogP contribution in [0.3, 0.4) is 0 Å². The van der Waals surface area contributed by atoms with Gasteiger partial charge >= 0.3 is 0 Å². The lowest BCUT2D eigenvalue weighted by molar-refractivity contribution is 0.124. The van der Waals surface area contributed by atoms with E-state index in [4.69, 9.17) is 9.47 Å². The van der Waals surface area contributed by atoms with Crippen LogP contribution in [-0.4, -0.2) is 26.9 Å². The first kappa shape index (κ1) is 16.9. The fraction of sp³-hybridized carbons (Fsp3) is 0.625. The monoisotopic (exact) mass is 283 g/mol. The van der Waals surface area contributed by atoms with Gasteiger partial charge in [-0.2, -0.15) is 0 Å². The maximum absolute atomic E-state index is 14.1. The minimum Gasteiger partial charge on any atom is -0.497 e. The van der Waals surface area contributed by atoms with Crippen molar-refractivity contribution in [1.29, 1.82) is 0 Å². The molecule has 0 aromatic heterocycles. The van der Waals surface area contributed by atoms with Crippen LogP contribution < -0.4 is 10.1 Å². The number of methoxy groups -OCH3 is 1. The highest BCUT2D eigenvalue weighted by Crippen LogP contribution is 2.24. The first-order valence-electron chi connectivity index (χ1n) is 7.37. The molecule has 0 aliphatic carbocycles. The number of ether oxygens (including phenoxy) is 2. The molecule has 0 aliphatic heterocycles. The van der Waals surface area contributed by atoms with E-state index in [9.17, 15) is 4.39 Å². The van der Waals surface area contributed by atoms with Gasteiger partial charge < -0.3 is 14.8 Å². The van der Waals surface area contributed by atoms with Crippen molar-refractivity contribution < 1.29 is 13.9 Å². The molecule has 0 saturated carbocycles. The predicted octanol–water partition coefficient (Wildman–Crippen LogP) is 3.69. The minimum absolute atomic E-state index is 0.0160. The normalized spacial score (nSPS) is 12.4. The number of nitrogens with one attached hydrogen (secondary N) is 1. The Morgan fingerprint density at radius 3 is 2.60 bits per heavy atom. The lowest BCUT2D eigenvalue weighted by Crippen LogP contribution is -2.24. The van der Waals surface area contributed by atoms with Crippen LogP contribution >= 0.6 is 0 Å². The Bertz CT molecular complexity index is 385. The van der Waals surface area contributed by atoms with E-state index in [-0.39, 0.29) is 11.9 Å². The molecule has 0 spiro atoms. The van der Waals surface area contributed by atoms with Gasteiger partial charge in [-0.25, -0.2) is 4.39 Å². The van der Waals surface area contributed by atoms with Crippen molar-refractivity contribution in [1.82, 2.24) is 5.32 Å². The number of benzene rings is 1. The first-order chi connectivity index (χ1) is 9.72. The van der Waals surface area contributed by atoms with Crippen molar-refractivity contribution in [2.24, 2.45) is 0 Å². The van der Waals surface area contributed by atoms with Gasteiger partial charge in [-0.05, 0) is 31.9 Å². The third-order valence-corrected chi connectivity index (χ3v) is 3.12. The van der Waals surface area contributed by atoms with Gasteiger partial charge in [0.1, 0.15) is 11.6 Å². The Hall–Kier alpha value is -1.13. The Kier molecular flexibility index (Phi) is 8.23. The minimum atomic E-state index is -0.228. The Morgan fingerprint density at radius 2 is 2.00 bits per heavy atom. The number of rotatable bonds is 10. The van der Waals surface area contributed by atoms with Gasteiger partial charge in [-0.1, -0.05) is 19.9 Å². The average Bonchev–Trinajstić information content (AvgIpc) is 2.47. The molecule has 0 heterocycles. The number of hydrogen-bond acceptors (Lipinski definition) is 3. The van der Waals surface area contributed by atoms with Gasteiger partial charge in [-0.15, -0.1) is 0 Å². The van der Waals surface area contributed by atoms with E-state index in [1.807, 2.05) is 0 Å². The van der Waals surface area contributed by atoms with Crippen molar-refractivity contribution in [3.8, 4) is 5.75 Å². The van der Waals surface area contributed by atoms with Crippen LogP contribution in [0.15, 0.2) is 18.2 Å². The standard InChI is InChI=1S/C16H26FNO2/c1-4-9-18-16(8-11-20-10-5-2)14-7-6-13(19-3)12-15(14)17/h6-7,12,16,18H,4-5,8-11H2,1-3H3. The highest BCUT2D eigenvalue weighted by atomic mass is 19.1. The van der Waals surface area contributed by atoms with Crippen LogP contribution in [0.4, 0.5) is 4.39 Å². The van der Waals surface area contributed by atoms with Crippen LogP contribution in [0.1, 0.15) is 44.7 Å². The molecule has 4 heteroatoms. The van der Waals surface area contributed by atoms with Crippen LogP contribution in [-0.2, 0) is 4.74 Å². The SMILES string of the molecule is CCCNC(CCOCCC)c1ccc(OC)cc1F. The predicted molar refractivity (Wildman–Crippen MR) is 79.7 cm³/mol. The maximum Gasteiger partial charge on any atom is 0.131 e. The van der Waals surface area contributed by atoms with Gasteiger partial charge in [0.05, 0.1) is 7.11 Å². The summed E-state index contributed by atoms with van der Waals surface area (Å²) in [5.74, 6) is 0.316. The fourth-order valence-corrected chi connectivity index (χ4v) is 2.05. The van der Waals surface area contributed by atoms with Gasteiger partial charge in [0, 0.05) is 30.9 Å². The molecule has 0 fully saturated rings. The van der Waals surface area contributed by atoms with Crippen molar-refractivity contribution in [3.63, 3.8) is 0 Å². The zero-order chi connectivity index (χ0) is 14.8. The first-order valence-corrected chi connectivity index (χ1v) is 7.37. The molecule has 3 nitrogen and oxygen atoms in total. The van der Waals surface area contributed by atoms with Crippen molar-refractivity contribution in [3.05, 3.63) is 29.6 Å². The third kappa shape index (κ3) is 5.47. The van der Waals surface area contributed by atoms with E-state index < -0.39 is 0 Å². The van der Waals surface area contributed by atoms with E-state index in [1.54, 1.807) is 19.2 Å². The molecule has 0 amide bonds. The van der Waals surface area contributed by atoms with Crippen molar-refractivity contribution in [2.75, 3.05) is 26.9 Å². The van der Waals surface area contributed by atoms with E-state index in [2.05, 4.69) is 19.2 Å². The fourth-order valence-electron chi connectivity index (χ4n) is 2.05. The largest absolute Gasteiger partial charge is 0.497 e. The molecule has 1 aromatic carbocycles. The zero-order valence-electron chi connectivity index (χ0n) is 12.7. The second-order valence-electron chi connectivity index (χ2n) is 4.80. The topological polar surface area (TPSA) is 30.5 Å². The van der Waals surface area contributed by atoms with Crippen LogP contribution in [0, 0.1) is 5.82 Å². The Balaban J connectivity index is 2.70. The molecule has 1 rings (SSSR count). The molecule has 1 N–H and O–H groups in total. The molecule has 1 atom stereocenters. The van der Waals surface area contributed by atoms with Gasteiger partial charge in [0.15, 0.2) is 0 Å². The Morgan fingerprint density at radius 1 is 1.20 bits per heavy atom. The molecule has 0 saturated heterocycles. The molecule has 1 unspecified atom stereocenters. The maximum atomic E-state index is 14.1. The van der Waals surface area contributed by atoms with E-state index in [1.165, 1.54) is 6.07 Å². The van der Waals surface area contributed by atoms with Gasteiger partial charge in [0.25, 0.3) is 0 Å². The van der Waals surface area contributed by atoms with Crippen molar-refractivity contribution >= 4 is 0 Å². The molecular formula is C16H26FNO2. The summed E-state index contributed by atoms with van der Waals surface area (Å²) in [4.78, 5) is 0. The quantitative estimate of drug-likeness (QED) is 0.664. The van der Waals surface area contributed by atoms with E-state index in [0.717, 1.165) is 32.4 Å². The lowest BCUT2D eigenvalue weighted by atomic mass is 10.0. The second kappa shape index (κ2) is 9.72. The molecule has 0 radical (unpaired) electrons. The molecule has 0 aliphatic rings. The summed E-state index contributed by atoms with van der Waals surface area (Å²) < 4.78 is 24.7. The summed E-state index contributed by atoms with van der Waals surface area (Å²) in [6, 6.07) is 5.01. The summed E-state index contributed by atoms with van der Waals surface area (Å²) in [5, 5.41) is 3.38. The van der Waals surface area contributed by atoms with E-state index in [0.29, 0.717) is 17.9 Å². The number of halogens is 1. The zero-order valence-corrected chi connectivity index (χ0v) is 12.7. The van der Waals surface area contributed by atoms with Gasteiger partial charge in [-0.3, -0.25) is 0 Å². The highest BCUT2D eigenvalue weighted by Gasteiger charge is 2.15. The molecular weight excluding hydrogens is 257 g/mol. The second-order valence-corrected chi connectivity index (χ2v) is 4.80. The third-order valence-electron chi connectivity index (χ3n) is 3.12. The summed E-state index contributed by atoms with van der Waals surface area (Å²) >= 11 is 0. The highest BCUT2D eigenvalue weighted by molar-refractivity contribution is 5.30. The molecule has 1 aromatic rings. The number of hydrogen-bond donors (Lipinski definition) is 1. The van der Waals surface area contributed by atoms with E-state index >= 15 is 0 Å². The summed E-state index contributed by atoms with van der Waals surface area (Å²) in [7, 11) is 1.54. The van der Waals surface area contributed by atoms with Gasteiger partial charge in [0.2, 0.25) is 0 Å².